The van der Waals surface area contributed by atoms with Gasteiger partial charge in [0.05, 0.1) is 0 Å². The molecule has 2 aromatic rings. The lowest BCUT2D eigenvalue weighted by Gasteiger charge is -1.94. The predicted octanol–water partition coefficient (Wildman–Crippen LogP) is 4.41. The lowest BCUT2D eigenvalue weighted by molar-refractivity contribution is 0.394. The smallest absolute Gasteiger partial charge is 0.223 e. The van der Waals surface area contributed by atoms with E-state index in [1.807, 2.05) is 58.9 Å². The van der Waals surface area contributed by atoms with E-state index in [4.69, 9.17) is 4.52 Å². The first-order valence-corrected chi connectivity index (χ1v) is 6.13. The van der Waals surface area contributed by atoms with Crippen molar-refractivity contribution in [3.8, 4) is 11.4 Å². The first-order valence-electron chi connectivity index (χ1n) is 6.13. The van der Waals surface area contributed by atoms with E-state index < -0.39 is 0 Å². The molecular weight excluding hydrogens is 212 g/mol. The van der Waals surface area contributed by atoms with E-state index in [0.29, 0.717) is 11.7 Å². The van der Waals surface area contributed by atoms with Crippen LogP contribution in [0.1, 0.15) is 39.1 Å². The molecule has 2 rings (SSSR count). The van der Waals surface area contributed by atoms with Gasteiger partial charge in [0, 0.05) is 12.5 Å². The maximum absolute atomic E-state index is 4.90. The van der Waals surface area contributed by atoms with Crippen LogP contribution in [0.4, 0.5) is 0 Å². The Morgan fingerprint density at radius 3 is 2.12 bits per heavy atom. The van der Waals surface area contributed by atoms with Crippen molar-refractivity contribution in [1.29, 1.82) is 0 Å². The van der Waals surface area contributed by atoms with Crippen molar-refractivity contribution >= 4 is 0 Å². The molecule has 3 nitrogen and oxygen atoms in total. The normalized spacial score (nSPS) is 8.59. The number of hydrogen-bond donors (Lipinski definition) is 0. The van der Waals surface area contributed by atoms with Gasteiger partial charge in [-0.3, -0.25) is 0 Å². The maximum atomic E-state index is 4.90. The van der Waals surface area contributed by atoms with Crippen LogP contribution in [-0.2, 0) is 0 Å². The molecule has 0 atom stereocenters. The summed E-state index contributed by atoms with van der Waals surface area (Å²) in [6.45, 7) is 11.8. The number of aryl methyl sites for hydroxylation is 2. The van der Waals surface area contributed by atoms with Crippen molar-refractivity contribution < 1.29 is 4.52 Å². The number of aromatic nitrogens is 2. The highest BCUT2D eigenvalue weighted by Gasteiger charge is 2.04. The van der Waals surface area contributed by atoms with Gasteiger partial charge in [-0.05, 0) is 13.0 Å². The third kappa shape index (κ3) is 4.81. The molecule has 0 aliphatic heterocycles. The van der Waals surface area contributed by atoms with E-state index in [-0.39, 0.29) is 0 Å². The Morgan fingerprint density at radius 1 is 1.00 bits per heavy atom. The minimum Gasteiger partial charge on any atom is -0.339 e. The summed E-state index contributed by atoms with van der Waals surface area (Å²) in [5.74, 6) is 1.25. The molecule has 0 radical (unpaired) electrons. The van der Waals surface area contributed by atoms with E-state index >= 15 is 0 Å². The van der Waals surface area contributed by atoms with Crippen LogP contribution in [0.5, 0.6) is 0 Å². The average molecular weight is 234 g/mol. The SMILES string of the molecule is CC.CC.Cc1cccc(-c2noc(C)n2)c1. The highest BCUT2D eigenvalue weighted by atomic mass is 16.5. The first kappa shape index (κ1) is 15.4. The zero-order valence-corrected chi connectivity index (χ0v) is 11.6. The van der Waals surface area contributed by atoms with E-state index in [1.54, 1.807) is 6.92 Å². The van der Waals surface area contributed by atoms with Crippen molar-refractivity contribution in [2.75, 3.05) is 0 Å². The Labute approximate surface area is 104 Å². The molecule has 0 N–H and O–H groups in total. The van der Waals surface area contributed by atoms with Gasteiger partial charge in [0.2, 0.25) is 11.7 Å². The molecule has 1 aromatic carbocycles. The number of rotatable bonds is 1. The fraction of sp³-hybridized carbons (Fsp3) is 0.429. The van der Waals surface area contributed by atoms with Crippen molar-refractivity contribution in [3.63, 3.8) is 0 Å². The molecule has 0 aliphatic rings. The summed E-state index contributed by atoms with van der Waals surface area (Å²) >= 11 is 0. The number of hydrogen-bond acceptors (Lipinski definition) is 3. The van der Waals surface area contributed by atoms with Gasteiger partial charge in [-0.1, -0.05) is 56.6 Å². The number of benzene rings is 1. The monoisotopic (exact) mass is 234 g/mol. The summed E-state index contributed by atoms with van der Waals surface area (Å²) < 4.78 is 4.90. The minimum absolute atomic E-state index is 0.594. The van der Waals surface area contributed by atoms with Gasteiger partial charge in [-0.15, -0.1) is 0 Å². The summed E-state index contributed by atoms with van der Waals surface area (Å²) in [4.78, 5) is 4.14. The van der Waals surface area contributed by atoms with Crippen LogP contribution in [0.15, 0.2) is 28.8 Å². The summed E-state index contributed by atoms with van der Waals surface area (Å²) in [6.07, 6.45) is 0. The third-order valence-electron chi connectivity index (χ3n) is 1.80. The van der Waals surface area contributed by atoms with E-state index in [2.05, 4.69) is 10.1 Å². The van der Waals surface area contributed by atoms with Gasteiger partial charge in [0.15, 0.2) is 0 Å². The lowest BCUT2D eigenvalue weighted by atomic mass is 10.1. The maximum Gasteiger partial charge on any atom is 0.223 e. The van der Waals surface area contributed by atoms with Gasteiger partial charge < -0.3 is 4.52 Å². The summed E-state index contributed by atoms with van der Waals surface area (Å²) in [7, 11) is 0. The Kier molecular flexibility index (Phi) is 7.68. The zero-order chi connectivity index (χ0) is 13.3. The number of nitrogens with zero attached hydrogens (tertiary/aromatic N) is 2. The Balaban J connectivity index is 0.000000581. The minimum atomic E-state index is 0.594. The molecule has 0 amide bonds. The van der Waals surface area contributed by atoms with Crippen LogP contribution in [0.3, 0.4) is 0 Å². The predicted molar refractivity (Wildman–Crippen MR) is 71.9 cm³/mol. The van der Waals surface area contributed by atoms with E-state index in [1.165, 1.54) is 5.56 Å². The van der Waals surface area contributed by atoms with Gasteiger partial charge in [-0.2, -0.15) is 4.98 Å². The van der Waals surface area contributed by atoms with Crippen molar-refractivity contribution in [2.45, 2.75) is 41.5 Å². The standard InChI is InChI=1S/C10H10N2O.2C2H6/c1-7-4-3-5-9(6-7)10-11-8(2)13-12-10;2*1-2/h3-6H,1-2H3;2*1-2H3. The van der Waals surface area contributed by atoms with Crippen LogP contribution < -0.4 is 0 Å². The molecule has 94 valence electrons. The fourth-order valence-corrected chi connectivity index (χ4v) is 1.20. The van der Waals surface area contributed by atoms with Crippen LogP contribution in [-0.4, -0.2) is 10.1 Å². The Morgan fingerprint density at radius 2 is 1.65 bits per heavy atom. The molecule has 0 spiro atoms. The van der Waals surface area contributed by atoms with Crippen molar-refractivity contribution in [3.05, 3.63) is 35.7 Å². The second-order valence-electron chi connectivity index (χ2n) is 3.01. The largest absolute Gasteiger partial charge is 0.339 e. The summed E-state index contributed by atoms with van der Waals surface area (Å²) in [5, 5.41) is 3.84. The second kappa shape index (κ2) is 8.50. The van der Waals surface area contributed by atoms with Gasteiger partial charge in [-0.25, -0.2) is 0 Å². The molecule has 0 unspecified atom stereocenters. The van der Waals surface area contributed by atoms with Crippen LogP contribution in [0.25, 0.3) is 11.4 Å². The molecule has 3 heteroatoms. The van der Waals surface area contributed by atoms with Crippen LogP contribution in [0, 0.1) is 13.8 Å². The Bertz CT molecular complexity index is 422. The first-order chi connectivity index (χ1) is 8.25. The lowest BCUT2D eigenvalue weighted by Crippen LogP contribution is -1.81. The van der Waals surface area contributed by atoms with E-state index in [9.17, 15) is 0 Å². The quantitative estimate of drug-likeness (QED) is 0.733. The fourth-order valence-electron chi connectivity index (χ4n) is 1.20. The van der Waals surface area contributed by atoms with Gasteiger partial charge >= 0.3 is 0 Å². The zero-order valence-electron chi connectivity index (χ0n) is 11.6. The molecule has 0 bridgehead atoms. The van der Waals surface area contributed by atoms with Crippen LogP contribution in [0.2, 0.25) is 0 Å². The topological polar surface area (TPSA) is 38.9 Å². The van der Waals surface area contributed by atoms with E-state index in [0.717, 1.165) is 5.56 Å². The highest BCUT2D eigenvalue weighted by Crippen LogP contribution is 2.16. The molecule has 1 heterocycles. The molecule has 0 aliphatic carbocycles. The molecule has 1 aromatic heterocycles. The van der Waals surface area contributed by atoms with Gasteiger partial charge in [0.25, 0.3) is 0 Å². The molecular formula is C14H22N2O. The second-order valence-corrected chi connectivity index (χ2v) is 3.01. The third-order valence-corrected chi connectivity index (χ3v) is 1.80. The average Bonchev–Trinajstić information content (AvgIpc) is 2.81. The molecule has 0 fully saturated rings. The van der Waals surface area contributed by atoms with Gasteiger partial charge in [0.1, 0.15) is 0 Å². The summed E-state index contributed by atoms with van der Waals surface area (Å²) in [5.41, 5.74) is 2.19. The van der Waals surface area contributed by atoms with Crippen LogP contribution >= 0.6 is 0 Å². The molecule has 17 heavy (non-hydrogen) atoms. The van der Waals surface area contributed by atoms with Crippen molar-refractivity contribution in [2.24, 2.45) is 0 Å². The van der Waals surface area contributed by atoms with Crippen molar-refractivity contribution in [1.82, 2.24) is 10.1 Å². The highest BCUT2D eigenvalue weighted by molar-refractivity contribution is 5.55. The molecule has 0 saturated carbocycles. The Hall–Kier alpha value is -1.64. The summed E-state index contributed by atoms with van der Waals surface area (Å²) in [6, 6.07) is 8.02. The molecule has 0 saturated heterocycles.